The van der Waals surface area contributed by atoms with Crippen LogP contribution in [0.2, 0.25) is 0 Å². The lowest BCUT2D eigenvalue weighted by Crippen LogP contribution is -2.03. The van der Waals surface area contributed by atoms with E-state index in [1.807, 2.05) is 0 Å². The first-order chi connectivity index (χ1) is 12.7. The smallest absolute Gasteiger partial charge is 0.308 e. The molecular weight excluding hydrogens is 492 g/mol. The second-order valence-electron chi connectivity index (χ2n) is 4.99. The molecule has 0 radical (unpaired) electrons. The fourth-order valence-electron chi connectivity index (χ4n) is 1.95. The molecule has 27 heavy (non-hydrogen) atoms. The van der Waals surface area contributed by atoms with E-state index in [2.05, 4.69) is 42.4 Å². The van der Waals surface area contributed by atoms with Crippen LogP contribution in [0.1, 0.15) is 12.5 Å². The van der Waals surface area contributed by atoms with Crippen molar-refractivity contribution in [3.8, 4) is 5.75 Å². The van der Waals surface area contributed by atoms with Gasteiger partial charge in [0.05, 0.1) is 31.1 Å². The van der Waals surface area contributed by atoms with Crippen molar-refractivity contribution >= 4 is 61.1 Å². The molecule has 10 nitrogen and oxygen atoms in total. The molecule has 140 valence electrons. The van der Waals surface area contributed by atoms with Gasteiger partial charge < -0.3 is 4.74 Å². The maximum atomic E-state index is 11.1. The van der Waals surface area contributed by atoms with E-state index in [1.54, 1.807) is 12.1 Å². The van der Waals surface area contributed by atoms with Gasteiger partial charge in [0.25, 0.3) is 5.69 Å². The highest BCUT2D eigenvalue weighted by molar-refractivity contribution is 9.11. The normalized spacial score (nSPS) is 10.6. The van der Waals surface area contributed by atoms with Crippen molar-refractivity contribution in [3.63, 3.8) is 0 Å². The van der Waals surface area contributed by atoms with Crippen LogP contribution in [0.5, 0.6) is 5.75 Å². The highest BCUT2D eigenvalue weighted by Gasteiger charge is 2.19. The molecule has 2 rings (SSSR count). The van der Waals surface area contributed by atoms with Crippen LogP contribution in [0.25, 0.3) is 0 Å². The molecule has 0 spiro atoms. The summed E-state index contributed by atoms with van der Waals surface area (Å²) in [6.07, 6.45) is 1.37. The molecule has 0 saturated heterocycles. The van der Waals surface area contributed by atoms with E-state index >= 15 is 0 Å². The minimum atomic E-state index is -0.744. The zero-order valence-corrected chi connectivity index (χ0v) is 16.7. The predicted molar refractivity (Wildman–Crippen MR) is 104 cm³/mol. The lowest BCUT2D eigenvalue weighted by atomic mass is 10.2. The molecule has 0 heterocycles. The highest BCUT2D eigenvalue weighted by Crippen LogP contribution is 2.34. The fraction of sp³-hybridized carbons (Fsp3) is 0.0667. The Morgan fingerprint density at radius 3 is 2.30 bits per heavy atom. The molecule has 2 aromatic carbocycles. The number of carbonyl (C=O) groups is 1. The number of nitrogens with one attached hydrogen (secondary N) is 1. The number of ether oxygens (including phenoxy) is 1. The number of benzene rings is 2. The van der Waals surface area contributed by atoms with Gasteiger partial charge in [0.2, 0.25) is 0 Å². The molecule has 0 bridgehead atoms. The van der Waals surface area contributed by atoms with Crippen LogP contribution in [0.3, 0.4) is 0 Å². The first-order valence-corrected chi connectivity index (χ1v) is 8.67. The monoisotopic (exact) mass is 500 g/mol. The summed E-state index contributed by atoms with van der Waals surface area (Å²) in [7, 11) is 0. The van der Waals surface area contributed by atoms with Crippen molar-refractivity contribution < 1.29 is 19.4 Å². The molecule has 0 unspecified atom stereocenters. The summed E-state index contributed by atoms with van der Waals surface area (Å²) in [5, 5.41) is 25.7. The third-order valence-electron chi connectivity index (χ3n) is 3.05. The van der Waals surface area contributed by atoms with Gasteiger partial charge in [-0.05, 0) is 55.6 Å². The van der Waals surface area contributed by atoms with Gasteiger partial charge in [-0.15, -0.1) is 0 Å². The predicted octanol–water partition coefficient (Wildman–Crippen LogP) is 4.40. The Hall–Kier alpha value is -2.86. The number of nitro benzene ring substituents is 2. The van der Waals surface area contributed by atoms with Gasteiger partial charge in [0.1, 0.15) is 5.69 Å². The SMILES string of the molecule is CC(=O)Oc1c(Br)cc(/C=N\Nc2ccc([N+](=O)[O-])cc2[N+](=O)[O-])cc1Br. The zero-order chi connectivity index (χ0) is 20.1. The van der Waals surface area contributed by atoms with Crippen LogP contribution >= 0.6 is 31.9 Å². The summed E-state index contributed by atoms with van der Waals surface area (Å²) in [5.74, 6) is -0.177. The van der Waals surface area contributed by atoms with Crippen LogP contribution in [0.15, 0.2) is 44.4 Å². The van der Waals surface area contributed by atoms with E-state index < -0.39 is 27.2 Å². The number of nitro groups is 2. The van der Waals surface area contributed by atoms with Crippen LogP contribution < -0.4 is 10.2 Å². The maximum absolute atomic E-state index is 11.1. The summed E-state index contributed by atoms with van der Waals surface area (Å²) < 4.78 is 6.04. The van der Waals surface area contributed by atoms with E-state index in [4.69, 9.17) is 4.74 Å². The molecule has 0 amide bonds. The van der Waals surface area contributed by atoms with Crippen LogP contribution in [-0.2, 0) is 4.79 Å². The van der Waals surface area contributed by atoms with Gasteiger partial charge >= 0.3 is 11.7 Å². The molecule has 0 aliphatic heterocycles. The van der Waals surface area contributed by atoms with Gasteiger partial charge in [-0.3, -0.25) is 30.4 Å². The number of halogens is 2. The second-order valence-corrected chi connectivity index (χ2v) is 6.70. The number of nitrogens with zero attached hydrogens (tertiary/aromatic N) is 3. The Bertz CT molecular complexity index is 940. The maximum Gasteiger partial charge on any atom is 0.308 e. The Labute approximate surface area is 168 Å². The molecule has 0 aliphatic carbocycles. The number of anilines is 1. The van der Waals surface area contributed by atoms with E-state index in [0.717, 1.165) is 12.1 Å². The Kier molecular flexibility index (Phi) is 6.58. The van der Waals surface area contributed by atoms with Gasteiger partial charge in [-0.25, -0.2) is 0 Å². The molecule has 1 N–H and O–H groups in total. The van der Waals surface area contributed by atoms with Gasteiger partial charge in [0, 0.05) is 13.0 Å². The average molecular weight is 502 g/mol. The van der Waals surface area contributed by atoms with Gasteiger partial charge in [0.15, 0.2) is 5.75 Å². The molecule has 0 aliphatic rings. The summed E-state index contributed by atoms with van der Waals surface area (Å²) in [6.45, 7) is 1.27. The third-order valence-corrected chi connectivity index (χ3v) is 4.23. The van der Waals surface area contributed by atoms with Crippen molar-refractivity contribution in [1.82, 2.24) is 0 Å². The molecule has 0 fully saturated rings. The summed E-state index contributed by atoms with van der Waals surface area (Å²) in [4.78, 5) is 31.4. The molecular formula is C15H10Br2N4O6. The lowest BCUT2D eigenvalue weighted by molar-refractivity contribution is -0.393. The third kappa shape index (κ3) is 5.31. The molecule has 0 atom stereocenters. The lowest BCUT2D eigenvalue weighted by Gasteiger charge is -2.08. The Morgan fingerprint density at radius 1 is 1.15 bits per heavy atom. The van der Waals surface area contributed by atoms with Crippen LogP contribution in [0.4, 0.5) is 17.1 Å². The number of hydrogen-bond donors (Lipinski definition) is 1. The minimum absolute atomic E-state index is 0.00323. The molecule has 2 aromatic rings. The fourth-order valence-corrected chi connectivity index (χ4v) is 3.33. The quantitative estimate of drug-likeness (QED) is 0.203. The van der Waals surface area contributed by atoms with E-state index in [1.165, 1.54) is 19.2 Å². The summed E-state index contributed by atoms with van der Waals surface area (Å²) in [5.41, 5.74) is 2.19. The van der Waals surface area contributed by atoms with Crippen molar-refractivity contribution in [2.45, 2.75) is 6.92 Å². The number of hydrogen-bond acceptors (Lipinski definition) is 8. The standard InChI is InChI=1S/C15H10Br2N4O6/c1-8(22)27-15-11(16)4-9(5-12(15)17)7-18-19-13-3-2-10(20(23)24)6-14(13)21(25)26/h2-7,19H,1H3/b18-7-. The van der Waals surface area contributed by atoms with Crippen molar-refractivity contribution in [2.75, 3.05) is 5.43 Å². The zero-order valence-electron chi connectivity index (χ0n) is 13.5. The largest absolute Gasteiger partial charge is 0.424 e. The number of rotatable bonds is 6. The Balaban J connectivity index is 2.24. The second kappa shape index (κ2) is 8.68. The van der Waals surface area contributed by atoms with Crippen LogP contribution in [-0.4, -0.2) is 22.0 Å². The van der Waals surface area contributed by atoms with E-state index in [-0.39, 0.29) is 5.69 Å². The minimum Gasteiger partial charge on any atom is -0.424 e. The number of non-ortho nitro benzene ring substituents is 1. The Morgan fingerprint density at radius 2 is 1.78 bits per heavy atom. The van der Waals surface area contributed by atoms with Gasteiger partial charge in [-0.2, -0.15) is 5.10 Å². The van der Waals surface area contributed by atoms with E-state index in [0.29, 0.717) is 20.3 Å². The molecule has 0 saturated carbocycles. The van der Waals surface area contributed by atoms with Crippen LogP contribution in [0, 0.1) is 20.2 Å². The molecule has 0 aromatic heterocycles. The molecule has 12 heteroatoms. The van der Waals surface area contributed by atoms with Gasteiger partial charge in [-0.1, -0.05) is 0 Å². The first kappa shape index (κ1) is 20.5. The number of carbonyl (C=O) groups excluding carboxylic acids is 1. The summed E-state index contributed by atoms with van der Waals surface area (Å²) in [6, 6.07) is 6.42. The van der Waals surface area contributed by atoms with E-state index in [9.17, 15) is 25.0 Å². The average Bonchev–Trinajstić information content (AvgIpc) is 2.58. The van der Waals surface area contributed by atoms with Crippen molar-refractivity contribution in [2.24, 2.45) is 5.10 Å². The summed E-state index contributed by atoms with van der Waals surface area (Å²) >= 11 is 6.55. The number of hydrazone groups is 1. The highest BCUT2D eigenvalue weighted by atomic mass is 79.9. The van der Waals surface area contributed by atoms with Crippen molar-refractivity contribution in [3.05, 3.63) is 65.1 Å². The number of esters is 1. The topological polar surface area (TPSA) is 137 Å². The first-order valence-electron chi connectivity index (χ1n) is 7.08. The van der Waals surface area contributed by atoms with Crippen molar-refractivity contribution in [1.29, 1.82) is 0 Å².